The number of amides is 1. The zero-order valence-corrected chi connectivity index (χ0v) is 14.0. The molecular formula is C14H19ClN6O3. The number of benzene rings is 1. The van der Waals surface area contributed by atoms with Crippen LogP contribution in [0.2, 0.25) is 0 Å². The Bertz CT molecular complexity index is 661. The van der Waals surface area contributed by atoms with Crippen molar-refractivity contribution in [3.8, 4) is 11.4 Å². The SMILES string of the molecule is COc1ccc(NC(=O)CC2COCCN2)cc1-n1cnnn1.Cl. The van der Waals surface area contributed by atoms with Crippen molar-refractivity contribution in [2.75, 3.05) is 32.2 Å². The zero-order chi connectivity index (χ0) is 16.1. The number of halogens is 1. The van der Waals surface area contributed by atoms with E-state index in [9.17, 15) is 4.79 Å². The molecule has 0 saturated carbocycles. The molecule has 1 aliphatic heterocycles. The van der Waals surface area contributed by atoms with Crippen LogP contribution in [0.15, 0.2) is 24.5 Å². The molecule has 1 amide bonds. The highest BCUT2D eigenvalue weighted by Crippen LogP contribution is 2.25. The van der Waals surface area contributed by atoms with Gasteiger partial charge in [-0.15, -0.1) is 17.5 Å². The van der Waals surface area contributed by atoms with E-state index in [1.165, 1.54) is 11.0 Å². The van der Waals surface area contributed by atoms with Gasteiger partial charge in [0, 0.05) is 24.7 Å². The standard InChI is InChI=1S/C14H18N6O3.ClH/c1-22-13-3-2-10(6-12(13)20-9-16-18-19-20)17-14(21)7-11-8-23-5-4-15-11;/h2-3,6,9,11,15H,4-5,7-8H2,1H3,(H,17,21);1H. The van der Waals surface area contributed by atoms with E-state index in [2.05, 4.69) is 26.2 Å². The van der Waals surface area contributed by atoms with Crippen molar-refractivity contribution in [2.24, 2.45) is 0 Å². The lowest BCUT2D eigenvalue weighted by Crippen LogP contribution is -2.43. The van der Waals surface area contributed by atoms with Gasteiger partial charge in [0.25, 0.3) is 0 Å². The topological polar surface area (TPSA) is 103 Å². The van der Waals surface area contributed by atoms with Crippen molar-refractivity contribution in [3.63, 3.8) is 0 Å². The summed E-state index contributed by atoms with van der Waals surface area (Å²) in [6, 6.07) is 5.34. The molecule has 2 N–H and O–H groups in total. The van der Waals surface area contributed by atoms with Crippen LogP contribution in [-0.2, 0) is 9.53 Å². The van der Waals surface area contributed by atoms with Crippen LogP contribution in [0.5, 0.6) is 5.75 Å². The molecule has 2 heterocycles. The average molecular weight is 355 g/mol. The second-order valence-corrected chi connectivity index (χ2v) is 5.12. The maximum atomic E-state index is 12.1. The van der Waals surface area contributed by atoms with Crippen molar-refractivity contribution in [1.29, 1.82) is 0 Å². The second kappa shape index (κ2) is 8.57. The van der Waals surface area contributed by atoms with Crippen LogP contribution in [0.4, 0.5) is 5.69 Å². The maximum Gasteiger partial charge on any atom is 0.226 e. The Morgan fingerprint density at radius 1 is 1.54 bits per heavy atom. The van der Waals surface area contributed by atoms with Gasteiger partial charge in [-0.05, 0) is 28.6 Å². The van der Waals surface area contributed by atoms with Crippen molar-refractivity contribution in [3.05, 3.63) is 24.5 Å². The Morgan fingerprint density at radius 2 is 2.42 bits per heavy atom. The average Bonchev–Trinajstić information content (AvgIpc) is 3.10. The van der Waals surface area contributed by atoms with Gasteiger partial charge in [0.05, 0.1) is 20.3 Å². The lowest BCUT2D eigenvalue weighted by molar-refractivity contribution is -0.117. The molecule has 10 heteroatoms. The summed E-state index contributed by atoms with van der Waals surface area (Å²) in [4.78, 5) is 12.1. The summed E-state index contributed by atoms with van der Waals surface area (Å²) in [7, 11) is 1.57. The fourth-order valence-electron chi connectivity index (χ4n) is 2.41. The van der Waals surface area contributed by atoms with Gasteiger partial charge in [-0.3, -0.25) is 4.79 Å². The number of methoxy groups -OCH3 is 1. The molecule has 0 bridgehead atoms. The summed E-state index contributed by atoms with van der Waals surface area (Å²) in [5.74, 6) is 0.526. The number of carbonyl (C=O) groups excluding carboxylic acids is 1. The zero-order valence-electron chi connectivity index (χ0n) is 13.1. The molecule has 3 rings (SSSR count). The summed E-state index contributed by atoms with van der Waals surface area (Å²) in [5, 5.41) is 17.2. The quantitative estimate of drug-likeness (QED) is 0.801. The van der Waals surface area contributed by atoms with Gasteiger partial charge in [-0.25, -0.2) is 0 Å². The van der Waals surface area contributed by atoms with Gasteiger partial charge in [0.1, 0.15) is 17.8 Å². The summed E-state index contributed by atoms with van der Waals surface area (Å²) in [6.07, 6.45) is 1.82. The van der Waals surface area contributed by atoms with Crippen LogP contribution < -0.4 is 15.4 Å². The molecule has 1 aromatic carbocycles. The van der Waals surface area contributed by atoms with Crippen LogP contribution in [0.3, 0.4) is 0 Å². The minimum absolute atomic E-state index is 0. The number of aromatic nitrogens is 4. The molecule has 1 fully saturated rings. The maximum absolute atomic E-state index is 12.1. The predicted molar refractivity (Wildman–Crippen MR) is 88.8 cm³/mol. The number of ether oxygens (including phenoxy) is 2. The smallest absolute Gasteiger partial charge is 0.226 e. The summed E-state index contributed by atoms with van der Waals surface area (Å²) >= 11 is 0. The van der Waals surface area contributed by atoms with E-state index in [0.29, 0.717) is 36.8 Å². The lowest BCUT2D eigenvalue weighted by Gasteiger charge is -2.23. The van der Waals surface area contributed by atoms with Crippen molar-refractivity contribution in [1.82, 2.24) is 25.5 Å². The molecule has 1 unspecified atom stereocenters. The molecule has 2 aromatic rings. The number of rotatable bonds is 5. The van der Waals surface area contributed by atoms with E-state index in [-0.39, 0.29) is 24.4 Å². The minimum Gasteiger partial charge on any atom is -0.494 e. The van der Waals surface area contributed by atoms with Crippen LogP contribution in [0, 0.1) is 0 Å². The summed E-state index contributed by atoms with van der Waals surface area (Å²) in [5.41, 5.74) is 1.30. The van der Waals surface area contributed by atoms with Gasteiger partial charge in [0.2, 0.25) is 5.91 Å². The molecule has 0 spiro atoms. The van der Waals surface area contributed by atoms with Crippen molar-refractivity contribution < 1.29 is 14.3 Å². The monoisotopic (exact) mass is 354 g/mol. The third-order valence-electron chi connectivity index (χ3n) is 3.49. The van der Waals surface area contributed by atoms with Crippen molar-refractivity contribution >= 4 is 24.0 Å². The molecule has 24 heavy (non-hydrogen) atoms. The van der Waals surface area contributed by atoms with Crippen molar-refractivity contribution in [2.45, 2.75) is 12.5 Å². The molecule has 1 saturated heterocycles. The number of nitrogens with one attached hydrogen (secondary N) is 2. The molecular weight excluding hydrogens is 336 g/mol. The predicted octanol–water partition coefficient (Wildman–Crippen LogP) is 0.410. The normalized spacial score (nSPS) is 17.0. The third-order valence-corrected chi connectivity index (χ3v) is 3.49. The van der Waals surface area contributed by atoms with Gasteiger partial charge in [-0.1, -0.05) is 0 Å². The molecule has 0 radical (unpaired) electrons. The Morgan fingerprint density at radius 3 is 3.08 bits per heavy atom. The first-order chi connectivity index (χ1) is 11.3. The molecule has 0 aliphatic carbocycles. The van der Waals surface area contributed by atoms with Crippen LogP contribution in [0.25, 0.3) is 5.69 Å². The molecule has 9 nitrogen and oxygen atoms in total. The number of hydrogen-bond acceptors (Lipinski definition) is 7. The second-order valence-electron chi connectivity index (χ2n) is 5.12. The molecule has 1 aromatic heterocycles. The van der Waals surface area contributed by atoms with E-state index < -0.39 is 0 Å². The number of tetrazole rings is 1. The first-order valence-electron chi connectivity index (χ1n) is 7.28. The van der Waals surface area contributed by atoms with E-state index in [0.717, 1.165) is 6.54 Å². The first-order valence-corrected chi connectivity index (χ1v) is 7.28. The Labute approximate surface area is 145 Å². The first kappa shape index (κ1) is 18.1. The van der Waals surface area contributed by atoms with E-state index >= 15 is 0 Å². The van der Waals surface area contributed by atoms with Gasteiger partial charge >= 0.3 is 0 Å². The third kappa shape index (κ3) is 4.40. The highest BCUT2D eigenvalue weighted by atomic mass is 35.5. The highest BCUT2D eigenvalue weighted by Gasteiger charge is 2.17. The minimum atomic E-state index is -0.0826. The van der Waals surface area contributed by atoms with E-state index in [1.54, 1.807) is 25.3 Å². The van der Waals surface area contributed by atoms with E-state index in [1.807, 2.05) is 0 Å². The van der Waals surface area contributed by atoms with Gasteiger partial charge in [0.15, 0.2) is 0 Å². The molecule has 130 valence electrons. The molecule has 1 atom stereocenters. The Balaban J connectivity index is 0.00000208. The Hall–Kier alpha value is -2.23. The summed E-state index contributed by atoms with van der Waals surface area (Å²) in [6.45, 7) is 2.00. The Kier molecular flexibility index (Phi) is 6.47. The fourth-order valence-corrected chi connectivity index (χ4v) is 2.41. The van der Waals surface area contributed by atoms with Gasteiger partial charge < -0.3 is 20.1 Å². The van der Waals surface area contributed by atoms with Gasteiger partial charge in [-0.2, -0.15) is 4.68 Å². The number of anilines is 1. The lowest BCUT2D eigenvalue weighted by atomic mass is 10.2. The van der Waals surface area contributed by atoms with E-state index in [4.69, 9.17) is 9.47 Å². The van der Waals surface area contributed by atoms with Crippen LogP contribution in [-0.4, -0.2) is 59.0 Å². The van der Waals surface area contributed by atoms with Crippen LogP contribution >= 0.6 is 12.4 Å². The largest absolute Gasteiger partial charge is 0.494 e. The van der Waals surface area contributed by atoms with Crippen LogP contribution in [0.1, 0.15) is 6.42 Å². The highest BCUT2D eigenvalue weighted by molar-refractivity contribution is 5.91. The number of morpholine rings is 1. The summed E-state index contributed by atoms with van der Waals surface area (Å²) < 4.78 is 12.1. The number of hydrogen-bond donors (Lipinski definition) is 2. The number of carbonyl (C=O) groups is 1. The number of nitrogens with zero attached hydrogens (tertiary/aromatic N) is 4. The fraction of sp³-hybridized carbons (Fsp3) is 0.429. The molecule has 1 aliphatic rings.